The number of fused-ring (bicyclic) bond motifs is 5. The van der Waals surface area contributed by atoms with Crippen molar-refractivity contribution in [3.8, 4) is 11.5 Å². The van der Waals surface area contributed by atoms with Gasteiger partial charge in [0.05, 0.1) is 18.5 Å². The Hall–Kier alpha value is -2.87. The van der Waals surface area contributed by atoms with Crippen molar-refractivity contribution in [3.05, 3.63) is 95.1 Å². The van der Waals surface area contributed by atoms with Crippen molar-refractivity contribution < 1.29 is 23.0 Å². The molecule has 2 saturated carbocycles. The van der Waals surface area contributed by atoms with E-state index in [1.807, 2.05) is 18.2 Å². The van der Waals surface area contributed by atoms with Crippen LogP contribution in [0.25, 0.3) is 0 Å². The normalized spacial score (nSPS) is 26.7. The maximum atomic E-state index is 12.1. The lowest BCUT2D eigenvalue weighted by atomic mass is 9.51. The van der Waals surface area contributed by atoms with Gasteiger partial charge >= 0.3 is 0 Å². The van der Waals surface area contributed by atoms with E-state index < -0.39 is 10.0 Å². The van der Waals surface area contributed by atoms with Crippen LogP contribution in [0.3, 0.4) is 0 Å². The largest absolute Gasteiger partial charge is 0.494 e. The Morgan fingerprint density at radius 3 is 2.47 bits per heavy atom. The van der Waals surface area contributed by atoms with Crippen LogP contribution in [0, 0.1) is 17.3 Å². The summed E-state index contributed by atoms with van der Waals surface area (Å²) >= 11 is 0. The average Bonchev–Trinajstić information content (AvgIpc) is 3.39. The molecule has 0 heterocycles. The van der Waals surface area contributed by atoms with E-state index in [0.717, 1.165) is 69.3 Å². The van der Waals surface area contributed by atoms with E-state index in [0.29, 0.717) is 49.9 Å². The summed E-state index contributed by atoms with van der Waals surface area (Å²) in [5, 5.41) is 11.2. The summed E-state index contributed by atoms with van der Waals surface area (Å²) in [7, 11) is -3.18. The highest BCUT2D eigenvalue weighted by molar-refractivity contribution is 7.89. The molecule has 3 aliphatic rings. The first kappa shape index (κ1) is 34.0. The second-order valence-electron chi connectivity index (χ2n) is 14.4. The number of ether oxygens (including phenoxy) is 2. The van der Waals surface area contributed by atoms with Crippen molar-refractivity contribution >= 4 is 10.0 Å². The Kier molecular flexibility index (Phi) is 10.9. The number of hydrogen-bond donors (Lipinski definition) is 2. The monoisotopic (exact) mass is 659 g/mol. The molecule has 0 aliphatic heterocycles. The number of benzene rings is 3. The van der Waals surface area contributed by atoms with Gasteiger partial charge in [-0.2, -0.15) is 0 Å². The molecule has 6 nitrogen and oxygen atoms in total. The van der Waals surface area contributed by atoms with Gasteiger partial charge in [-0.3, -0.25) is 0 Å². The molecule has 2 fully saturated rings. The van der Waals surface area contributed by atoms with Crippen LogP contribution in [0.4, 0.5) is 0 Å². The second-order valence-corrected chi connectivity index (χ2v) is 16.4. The maximum Gasteiger partial charge on any atom is 0.211 e. The number of aliphatic hydroxyl groups excluding tert-OH is 1. The molecule has 0 spiro atoms. The summed E-state index contributed by atoms with van der Waals surface area (Å²) < 4.78 is 39.2. The highest BCUT2D eigenvalue weighted by Crippen LogP contribution is 2.65. The van der Waals surface area contributed by atoms with Crippen molar-refractivity contribution in [1.29, 1.82) is 0 Å². The SMILES string of the molecule is CCCCNS(=O)(=O)CCCCCOc1ccc([C@H]2C[C@]3(C)[C@@H](O)CC[C@H]3[C@@H]3CCc4cc(OCc5ccccc5)ccc4[C@H]32)cc1. The number of aliphatic hydroxyl groups is 1. The number of hydrogen-bond acceptors (Lipinski definition) is 5. The zero-order chi connectivity index (χ0) is 32.9. The van der Waals surface area contributed by atoms with Gasteiger partial charge in [0.2, 0.25) is 10.0 Å². The first-order valence-corrected chi connectivity index (χ1v) is 19.6. The molecular weight excluding hydrogens is 607 g/mol. The van der Waals surface area contributed by atoms with E-state index in [2.05, 4.69) is 73.2 Å². The number of rotatable bonds is 15. The van der Waals surface area contributed by atoms with Crippen molar-refractivity contribution in [2.24, 2.45) is 17.3 Å². The van der Waals surface area contributed by atoms with Crippen LogP contribution in [0.1, 0.15) is 106 Å². The first-order chi connectivity index (χ1) is 22.8. The number of aryl methyl sites for hydroxylation is 1. The predicted molar refractivity (Wildman–Crippen MR) is 188 cm³/mol. The van der Waals surface area contributed by atoms with Crippen molar-refractivity contribution in [2.45, 2.75) is 103 Å². The fraction of sp³-hybridized carbons (Fsp3) is 0.550. The molecule has 6 atom stereocenters. The van der Waals surface area contributed by atoms with Gasteiger partial charge in [0, 0.05) is 6.54 Å². The third kappa shape index (κ3) is 7.90. The molecule has 0 unspecified atom stereocenters. The average molecular weight is 660 g/mol. The Labute approximate surface area is 282 Å². The molecule has 6 rings (SSSR count). The Bertz CT molecular complexity index is 1560. The van der Waals surface area contributed by atoms with E-state index in [4.69, 9.17) is 9.47 Å². The van der Waals surface area contributed by atoms with E-state index in [9.17, 15) is 13.5 Å². The minimum atomic E-state index is -3.18. The van der Waals surface area contributed by atoms with Crippen LogP contribution in [0.15, 0.2) is 72.8 Å². The maximum absolute atomic E-state index is 12.1. The minimum absolute atomic E-state index is 0.0593. The van der Waals surface area contributed by atoms with Gasteiger partial charge in [0.25, 0.3) is 0 Å². The summed E-state index contributed by atoms with van der Waals surface area (Å²) in [6.07, 6.45) is 9.11. The molecule has 254 valence electrons. The first-order valence-electron chi connectivity index (χ1n) is 17.9. The molecule has 0 radical (unpaired) electrons. The quantitative estimate of drug-likeness (QED) is 0.161. The lowest BCUT2D eigenvalue weighted by molar-refractivity contribution is -0.0323. The number of sulfonamides is 1. The van der Waals surface area contributed by atoms with Crippen molar-refractivity contribution in [3.63, 3.8) is 0 Å². The summed E-state index contributed by atoms with van der Waals surface area (Å²) in [5.41, 5.74) is 5.31. The highest BCUT2D eigenvalue weighted by Gasteiger charge is 2.57. The molecule has 3 aromatic carbocycles. The number of nitrogens with one attached hydrogen (secondary N) is 1. The van der Waals surface area contributed by atoms with Gasteiger partial charge in [-0.1, -0.05) is 68.8 Å². The van der Waals surface area contributed by atoms with Crippen LogP contribution in [-0.2, 0) is 23.1 Å². The predicted octanol–water partition coefficient (Wildman–Crippen LogP) is 8.14. The van der Waals surface area contributed by atoms with Gasteiger partial charge in [-0.05, 0) is 133 Å². The number of unbranched alkanes of at least 4 members (excludes halogenated alkanes) is 3. The topological polar surface area (TPSA) is 84.9 Å². The third-order valence-electron chi connectivity index (χ3n) is 11.4. The second kappa shape index (κ2) is 15.1. The smallest absolute Gasteiger partial charge is 0.211 e. The van der Waals surface area contributed by atoms with Gasteiger partial charge in [-0.15, -0.1) is 0 Å². The van der Waals surface area contributed by atoms with Crippen LogP contribution < -0.4 is 14.2 Å². The van der Waals surface area contributed by atoms with Crippen LogP contribution in [0.5, 0.6) is 11.5 Å². The fourth-order valence-corrected chi connectivity index (χ4v) is 10.0. The molecule has 3 aromatic rings. The lowest BCUT2D eigenvalue weighted by Gasteiger charge is -2.54. The van der Waals surface area contributed by atoms with E-state index in [1.165, 1.54) is 22.3 Å². The molecule has 3 aliphatic carbocycles. The molecule has 0 bridgehead atoms. The molecule has 7 heteroatoms. The van der Waals surface area contributed by atoms with E-state index >= 15 is 0 Å². The zero-order valence-corrected chi connectivity index (χ0v) is 29.0. The summed E-state index contributed by atoms with van der Waals surface area (Å²) in [6.45, 7) is 6.07. The molecular formula is C40H53NO5S. The van der Waals surface area contributed by atoms with Crippen LogP contribution in [0.2, 0.25) is 0 Å². The summed E-state index contributed by atoms with van der Waals surface area (Å²) in [6, 6.07) is 25.8. The van der Waals surface area contributed by atoms with Crippen molar-refractivity contribution in [1.82, 2.24) is 4.72 Å². The van der Waals surface area contributed by atoms with Crippen molar-refractivity contribution in [2.75, 3.05) is 18.9 Å². The molecule has 0 amide bonds. The van der Waals surface area contributed by atoms with Crippen LogP contribution in [-0.4, -0.2) is 38.5 Å². The van der Waals surface area contributed by atoms with E-state index in [-0.39, 0.29) is 17.3 Å². The molecule has 0 saturated heterocycles. The Morgan fingerprint density at radius 1 is 0.894 bits per heavy atom. The van der Waals surface area contributed by atoms with E-state index in [1.54, 1.807) is 0 Å². The lowest BCUT2D eigenvalue weighted by Crippen LogP contribution is -2.47. The standard InChI is InChI=1S/C40H53NO5S/c1-3-4-23-41-47(43,44)25-10-6-9-24-45-32-16-13-30(14-17-32)36-27-40(2)37(21-22-38(40)42)35-19-15-31-26-33(18-20-34(31)39(35)36)46-28-29-11-7-5-8-12-29/h5,7-8,11-14,16-18,20,26,35-39,41-42H,3-4,6,9-10,15,19,21-25,27-28H2,1-2H3/t35-,36+,37-,38-,39+,40-/m0/s1. The van der Waals surface area contributed by atoms with Gasteiger partial charge in [0.15, 0.2) is 0 Å². The summed E-state index contributed by atoms with van der Waals surface area (Å²) in [4.78, 5) is 0. The molecule has 2 N–H and O–H groups in total. The van der Waals surface area contributed by atoms with Gasteiger partial charge in [0.1, 0.15) is 18.1 Å². The van der Waals surface area contributed by atoms with Gasteiger partial charge < -0.3 is 14.6 Å². The highest BCUT2D eigenvalue weighted by atomic mass is 32.2. The Morgan fingerprint density at radius 2 is 1.68 bits per heavy atom. The van der Waals surface area contributed by atoms with Gasteiger partial charge in [-0.25, -0.2) is 13.1 Å². The third-order valence-corrected chi connectivity index (χ3v) is 12.9. The van der Waals surface area contributed by atoms with Crippen LogP contribution >= 0.6 is 0 Å². The summed E-state index contributed by atoms with van der Waals surface area (Å²) in [5.74, 6) is 3.81. The zero-order valence-electron chi connectivity index (χ0n) is 28.2. The molecule has 0 aromatic heterocycles. The minimum Gasteiger partial charge on any atom is -0.494 e. The fourth-order valence-electron chi connectivity index (χ4n) is 8.86. The molecule has 47 heavy (non-hydrogen) atoms. The Balaban J connectivity index is 1.11.